The van der Waals surface area contributed by atoms with Gasteiger partial charge in [0.15, 0.2) is 17.1 Å². The molecule has 0 aliphatic carbocycles. The van der Waals surface area contributed by atoms with Gasteiger partial charge in [-0.1, -0.05) is 17.8 Å². The Morgan fingerprint density at radius 2 is 1.94 bits per heavy atom. The number of carbonyl (C=O) groups excluding carboxylic acids is 1. The normalized spacial score (nSPS) is 12.2. The van der Waals surface area contributed by atoms with E-state index in [-0.39, 0.29) is 18.5 Å². The molecule has 0 atom stereocenters. The van der Waals surface area contributed by atoms with Crippen LogP contribution in [0.1, 0.15) is 12.5 Å². The van der Waals surface area contributed by atoms with Gasteiger partial charge in [0.1, 0.15) is 5.75 Å². The Morgan fingerprint density at radius 3 is 2.79 bits per heavy atom. The van der Waals surface area contributed by atoms with Crippen LogP contribution in [0.3, 0.4) is 0 Å². The maximum Gasteiger partial charge on any atom is 0.231 e. The van der Waals surface area contributed by atoms with Crippen LogP contribution in [-0.4, -0.2) is 44.9 Å². The Kier molecular flexibility index (Phi) is 5.99. The fourth-order valence-electron chi connectivity index (χ4n) is 3.33. The predicted octanol–water partition coefficient (Wildman–Crippen LogP) is 3.33. The lowest BCUT2D eigenvalue weighted by Crippen LogP contribution is -2.24. The summed E-state index contributed by atoms with van der Waals surface area (Å²) in [6.45, 7) is 3.20. The minimum absolute atomic E-state index is 0.114. The molecule has 1 aliphatic heterocycles. The second kappa shape index (κ2) is 9.37. The summed E-state index contributed by atoms with van der Waals surface area (Å²) in [5.41, 5.74) is 3.28. The summed E-state index contributed by atoms with van der Waals surface area (Å²) in [5, 5.41) is 16.4. The van der Waals surface area contributed by atoms with Gasteiger partial charge in [0.25, 0.3) is 0 Å². The number of amides is 1. The van der Waals surface area contributed by atoms with Crippen molar-refractivity contribution in [2.24, 2.45) is 0 Å². The SMILES string of the molecule is CCOc1ccc(-c2ccc3nnc(SCC(=O)NCc4ccc5c(c4)OCO5)n3n2)cc1. The predicted molar refractivity (Wildman–Crippen MR) is 123 cm³/mol. The Labute approximate surface area is 194 Å². The largest absolute Gasteiger partial charge is 0.494 e. The number of hydrogen-bond acceptors (Lipinski definition) is 8. The van der Waals surface area contributed by atoms with E-state index in [0.717, 1.165) is 28.3 Å². The van der Waals surface area contributed by atoms with Gasteiger partial charge >= 0.3 is 0 Å². The number of carbonyl (C=O) groups is 1. The van der Waals surface area contributed by atoms with Gasteiger partial charge in [0, 0.05) is 12.1 Å². The maximum absolute atomic E-state index is 12.4. The zero-order valence-corrected chi connectivity index (χ0v) is 18.7. The molecule has 9 nitrogen and oxygen atoms in total. The van der Waals surface area contributed by atoms with Gasteiger partial charge in [0.05, 0.1) is 18.1 Å². The van der Waals surface area contributed by atoms with Crippen LogP contribution in [-0.2, 0) is 11.3 Å². The molecule has 2 aromatic carbocycles. The van der Waals surface area contributed by atoms with Crippen LogP contribution in [0.4, 0.5) is 0 Å². The summed E-state index contributed by atoms with van der Waals surface area (Å²) in [6, 6.07) is 17.1. The van der Waals surface area contributed by atoms with Gasteiger partial charge < -0.3 is 19.5 Å². The molecular weight excluding hydrogens is 442 g/mol. The molecule has 0 saturated heterocycles. The molecular formula is C23H21N5O4S. The standard InChI is InChI=1S/C23H21N5O4S/c1-2-30-17-6-4-16(5-7-17)18-8-10-21-25-26-23(28(21)27-18)33-13-22(29)24-12-15-3-9-19-20(11-15)32-14-31-19/h3-11H,2,12-14H2,1H3,(H,24,29). The van der Waals surface area contributed by atoms with Crippen molar-refractivity contribution in [2.45, 2.75) is 18.6 Å². The minimum atomic E-state index is -0.114. The molecule has 0 spiro atoms. The average Bonchev–Trinajstić information content (AvgIpc) is 3.48. The Balaban J connectivity index is 1.22. The van der Waals surface area contributed by atoms with Gasteiger partial charge in [-0.05, 0) is 61.0 Å². The number of nitrogens with zero attached hydrogens (tertiary/aromatic N) is 4. The summed E-state index contributed by atoms with van der Waals surface area (Å²) < 4.78 is 17.8. The topological polar surface area (TPSA) is 99.9 Å². The molecule has 1 amide bonds. The zero-order valence-electron chi connectivity index (χ0n) is 17.9. The highest BCUT2D eigenvalue weighted by molar-refractivity contribution is 7.99. The third kappa shape index (κ3) is 4.70. The van der Waals surface area contributed by atoms with Crippen LogP contribution in [0.2, 0.25) is 0 Å². The molecule has 0 saturated carbocycles. The third-order valence-corrected chi connectivity index (χ3v) is 5.87. The minimum Gasteiger partial charge on any atom is -0.494 e. The molecule has 10 heteroatoms. The van der Waals surface area contributed by atoms with Gasteiger partial charge in [-0.2, -0.15) is 9.61 Å². The first-order valence-corrected chi connectivity index (χ1v) is 11.4. The van der Waals surface area contributed by atoms with Gasteiger partial charge in [-0.3, -0.25) is 4.79 Å². The van der Waals surface area contributed by atoms with Gasteiger partial charge in [0.2, 0.25) is 17.9 Å². The maximum atomic E-state index is 12.4. The van der Waals surface area contributed by atoms with Crippen molar-refractivity contribution in [1.82, 2.24) is 25.1 Å². The van der Waals surface area contributed by atoms with Crippen LogP contribution in [0.25, 0.3) is 16.9 Å². The van der Waals surface area contributed by atoms with Crippen molar-refractivity contribution in [3.05, 3.63) is 60.2 Å². The van der Waals surface area contributed by atoms with Gasteiger partial charge in [-0.25, -0.2) is 0 Å². The molecule has 0 fully saturated rings. The Hall–Kier alpha value is -3.79. The molecule has 168 valence electrons. The van der Waals surface area contributed by atoms with Crippen molar-refractivity contribution >= 4 is 23.3 Å². The zero-order chi connectivity index (χ0) is 22.6. The number of nitrogens with one attached hydrogen (secondary N) is 1. The van der Waals surface area contributed by atoms with Crippen molar-refractivity contribution < 1.29 is 19.0 Å². The summed E-state index contributed by atoms with van der Waals surface area (Å²) in [6.07, 6.45) is 0. The molecule has 1 aliphatic rings. The number of aromatic nitrogens is 4. The number of rotatable bonds is 8. The highest BCUT2D eigenvalue weighted by Crippen LogP contribution is 2.32. The van der Waals surface area contributed by atoms with Crippen molar-refractivity contribution in [2.75, 3.05) is 19.2 Å². The lowest BCUT2D eigenvalue weighted by Gasteiger charge is -2.07. The van der Waals surface area contributed by atoms with E-state index in [9.17, 15) is 4.79 Å². The highest BCUT2D eigenvalue weighted by atomic mass is 32.2. The van der Waals surface area contributed by atoms with Crippen molar-refractivity contribution in [3.8, 4) is 28.5 Å². The number of thioether (sulfide) groups is 1. The average molecular weight is 464 g/mol. The monoisotopic (exact) mass is 463 g/mol. The molecule has 1 N–H and O–H groups in total. The first-order valence-electron chi connectivity index (χ1n) is 10.4. The Bertz CT molecular complexity index is 1290. The molecule has 5 rings (SSSR count). The molecule has 0 unspecified atom stereocenters. The smallest absolute Gasteiger partial charge is 0.231 e. The number of hydrogen-bond donors (Lipinski definition) is 1. The van der Waals surface area contributed by atoms with Crippen LogP contribution >= 0.6 is 11.8 Å². The number of fused-ring (bicyclic) bond motifs is 2. The summed E-state index contributed by atoms with van der Waals surface area (Å²) in [7, 11) is 0. The van der Waals surface area contributed by atoms with Gasteiger partial charge in [-0.15, -0.1) is 10.2 Å². The van der Waals surface area contributed by atoms with E-state index < -0.39 is 0 Å². The summed E-state index contributed by atoms with van der Waals surface area (Å²) in [4.78, 5) is 12.4. The fraction of sp³-hybridized carbons (Fsp3) is 0.217. The highest BCUT2D eigenvalue weighted by Gasteiger charge is 2.14. The number of benzene rings is 2. The van der Waals surface area contributed by atoms with Crippen molar-refractivity contribution in [3.63, 3.8) is 0 Å². The molecule has 3 heterocycles. The number of ether oxygens (including phenoxy) is 3. The van der Waals surface area contributed by atoms with Crippen LogP contribution < -0.4 is 19.5 Å². The molecule has 33 heavy (non-hydrogen) atoms. The lowest BCUT2D eigenvalue weighted by molar-refractivity contribution is -0.118. The molecule has 0 bridgehead atoms. The van der Waals surface area contributed by atoms with E-state index in [1.807, 2.05) is 61.5 Å². The quantitative estimate of drug-likeness (QED) is 0.397. The molecule has 0 radical (unpaired) electrons. The second-order valence-corrected chi connectivity index (χ2v) is 8.12. The van der Waals surface area contributed by atoms with Crippen molar-refractivity contribution in [1.29, 1.82) is 0 Å². The van der Waals surface area contributed by atoms with Crippen LogP contribution in [0, 0.1) is 0 Å². The van der Waals surface area contributed by atoms with Crippen LogP contribution in [0.15, 0.2) is 59.8 Å². The molecule has 2 aromatic heterocycles. The lowest BCUT2D eigenvalue weighted by atomic mass is 10.1. The fourth-order valence-corrected chi connectivity index (χ4v) is 4.05. The summed E-state index contributed by atoms with van der Waals surface area (Å²) >= 11 is 1.28. The van der Waals surface area contributed by atoms with E-state index in [1.54, 1.807) is 4.52 Å². The second-order valence-electron chi connectivity index (χ2n) is 7.18. The van der Waals surface area contributed by atoms with E-state index in [2.05, 4.69) is 20.6 Å². The molecule has 4 aromatic rings. The van der Waals surface area contributed by atoms with E-state index in [1.165, 1.54) is 11.8 Å². The Morgan fingerprint density at radius 1 is 1.09 bits per heavy atom. The van der Waals surface area contributed by atoms with E-state index in [0.29, 0.717) is 29.7 Å². The van der Waals surface area contributed by atoms with E-state index in [4.69, 9.17) is 14.2 Å². The summed E-state index contributed by atoms with van der Waals surface area (Å²) in [5.74, 6) is 2.31. The van der Waals surface area contributed by atoms with E-state index >= 15 is 0 Å². The third-order valence-electron chi connectivity index (χ3n) is 4.95. The first-order chi connectivity index (χ1) is 16.2. The van der Waals surface area contributed by atoms with Crippen LogP contribution in [0.5, 0.6) is 17.2 Å². The first kappa shape index (κ1) is 21.1.